The molecule has 0 aliphatic carbocycles. The van der Waals surface area contributed by atoms with Gasteiger partial charge in [-0.15, -0.1) is 37.2 Å². The molecule has 0 spiro atoms. The number of ether oxygens (including phenoxy) is 1. The number of aliphatic imine (C=N–C) groups is 1. The Bertz CT molecular complexity index is 278. The summed E-state index contributed by atoms with van der Waals surface area (Å²) in [4.78, 5) is 4.14. The van der Waals surface area contributed by atoms with Gasteiger partial charge >= 0.3 is 0 Å². The summed E-state index contributed by atoms with van der Waals surface area (Å²) in [6, 6.07) is 7.75. The van der Waals surface area contributed by atoms with Crippen molar-refractivity contribution < 1.29 is 4.74 Å². The lowest BCUT2D eigenvalue weighted by molar-refractivity contribution is 0.377. The first-order valence-corrected chi connectivity index (χ1v) is 3.21. The largest absolute Gasteiger partial charge is 0.486 e. The minimum atomic E-state index is 0. The molecular weight excluding hydrogens is 232 g/mol. The molecule has 0 radical (unpaired) electrons. The predicted molar refractivity (Wildman–Crippen MR) is 61.8 cm³/mol. The van der Waals surface area contributed by atoms with Crippen LogP contribution in [0.25, 0.3) is 0 Å². The standard InChI is InChI=1S/C8H7NO.3ClH/c1-2-4-8-7(3-1)9-5-6-10-8;;;/h1-5H,6H2;3*1H. The third-order valence-electron chi connectivity index (χ3n) is 1.41. The number of benzene rings is 1. The fraction of sp³-hybridized carbons (Fsp3) is 0.125. The maximum absolute atomic E-state index is 5.27. The van der Waals surface area contributed by atoms with E-state index >= 15 is 0 Å². The zero-order valence-corrected chi connectivity index (χ0v) is 9.12. The van der Waals surface area contributed by atoms with Gasteiger partial charge in [0.15, 0.2) is 0 Å². The number of hydrogen-bond donors (Lipinski definition) is 0. The minimum Gasteiger partial charge on any atom is -0.486 e. The van der Waals surface area contributed by atoms with Gasteiger partial charge in [0.1, 0.15) is 18.0 Å². The molecule has 2 nitrogen and oxygen atoms in total. The lowest BCUT2D eigenvalue weighted by Gasteiger charge is -2.09. The second-order valence-electron chi connectivity index (χ2n) is 2.09. The first-order chi connectivity index (χ1) is 4.97. The van der Waals surface area contributed by atoms with Crippen molar-refractivity contribution in [2.45, 2.75) is 0 Å². The van der Waals surface area contributed by atoms with Crippen LogP contribution in [0.4, 0.5) is 5.69 Å². The molecule has 5 heteroatoms. The van der Waals surface area contributed by atoms with Crippen LogP contribution in [0.1, 0.15) is 0 Å². The summed E-state index contributed by atoms with van der Waals surface area (Å²) in [7, 11) is 0. The Morgan fingerprint density at radius 1 is 1.08 bits per heavy atom. The topological polar surface area (TPSA) is 21.6 Å². The van der Waals surface area contributed by atoms with Crippen LogP contribution in [0, 0.1) is 0 Å². The Hall–Kier alpha value is -0.440. The highest BCUT2D eigenvalue weighted by atomic mass is 35.5. The average Bonchev–Trinajstić information content (AvgIpc) is 2.05. The molecule has 1 aliphatic heterocycles. The fourth-order valence-electron chi connectivity index (χ4n) is 0.949. The third-order valence-corrected chi connectivity index (χ3v) is 1.41. The van der Waals surface area contributed by atoms with E-state index in [4.69, 9.17) is 4.74 Å². The van der Waals surface area contributed by atoms with Gasteiger partial charge in [0.2, 0.25) is 0 Å². The number of nitrogens with zero attached hydrogens (tertiary/aromatic N) is 1. The van der Waals surface area contributed by atoms with Crippen LogP contribution in [0.5, 0.6) is 5.75 Å². The Morgan fingerprint density at radius 3 is 2.46 bits per heavy atom. The Labute approximate surface area is 95.6 Å². The molecule has 0 aromatic heterocycles. The number of halogens is 3. The summed E-state index contributed by atoms with van der Waals surface area (Å²) in [5, 5.41) is 0. The molecule has 74 valence electrons. The highest BCUT2D eigenvalue weighted by Crippen LogP contribution is 2.27. The molecule has 1 heterocycles. The van der Waals surface area contributed by atoms with Crippen LogP contribution < -0.4 is 4.74 Å². The molecule has 0 atom stereocenters. The first kappa shape index (κ1) is 15.1. The van der Waals surface area contributed by atoms with Crippen LogP contribution in [-0.2, 0) is 0 Å². The smallest absolute Gasteiger partial charge is 0.145 e. The molecule has 1 aliphatic rings. The summed E-state index contributed by atoms with van der Waals surface area (Å²) in [6.07, 6.45) is 1.77. The van der Waals surface area contributed by atoms with E-state index in [0.29, 0.717) is 6.61 Å². The Morgan fingerprint density at radius 2 is 1.77 bits per heavy atom. The van der Waals surface area contributed by atoms with E-state index in [1.54, 1.807) is 6.21 Å². The molecule has 2 rings (SSSR count). The second kappa shape index (κ2) is 7.01. The summed E-state index contributed by atoms with van der Waals surface area (Å²) in [5.41, 5.74) is 0.925. The van der Waals surface area contributed by atoms with Crippen molar-refractivity contribution in [2.24, 2.45) is 4.99 Å². The van der Waals surface area contributed by atoms with Crippen molar-refractivity contribution in [3.05, 3.63) is 24.3 Å². The van der Waals surface area contributed by atoms with E-state index < -0.39 is 0 Å². The Kier molecular flexibility index (Phi) is 8.12. The summed E-state index contributed by atoms with van der Waals surface area (Å²) >= 11 is 0. The number of fused-ring (bicyclic) bond motifs is 1. The van der Waals surface area contributed by atoms with Crippen LogP contribution >= 0.6 is 37.2 Å². The monoisotopic (exact) mass is 241 g/mol. The Balaban J connectivity index is 0. The first-order valence-electron chi connectivity index (χ1n) is 3.21. The second-order valence-corrected chi connectivity index (χ2v) is 2.09. The zero-order valence-electron chi connectivity index (χ0n) is 6.67. The van der Waals surface area contributed by atoms with Gasteiger partial charge in [-0.2, -0.15) is 0 Å². The van der Waals surface area contributed by atoms with Crippen LogP contribution in [0.3, 0.4) is 0 Å². The average molecular weight is 243 g/mol. The summed E-state index contributed by atoms with van der Waals surface area (Å²) in [5.74, 6) is 0.880. The highest BCUT2D eigenvalue weighted by Gasteiger charge is 2.02. The minimum absolute atomic E-state index is 0. The van der Waals surface area contributed by atoms with Gasteiger partial charge in [-0.25, -0.2) is 0 Å². The number of para-hydroxylation sites is 2. The highest BCUT2D eigenvalue weighted by molar-refractivity contribution is 5.86. The van der Waals surface area contributed by atoms with Gasteiger partial charge in [0.25, 0.3) is 0 Å². The lowest BCUT2D eigenvalue weighted by atomic mass is 10.3. The predicted octanol–water partition coefficient (Wildman–Crippen LogP) is 3.05. The van der Waals surface area contributed by atoms with Gasteiger partial charge in [-0.1, -0.05) is 12.1 Å². The van der Waals surface area contributed by atoms with Gasteiger partial charge in [0, 0.05) is 6.21 Å². The van der Waals surface area contributed by atoms with Gasteiger partial charge in [-0.05, 0) is 12.1 Å². The molecule has 0 N–H and O–H groups in total. The van der Waals surface area contributed by atoms with E-state index in [1.807, 2.05) is 24.3 Å². The molecule has 0 saturated heterocycles. The summed E-state index contributed by atoms with van der Waals surface area (Å²) in [6.45, 7) is 0.594. The third kappa shape index (κ3) is 3.43. The molecule has 0 fully saturated rings. The maximum Gasteiger partial charge on any atom is 0.145 e. The molecule has 1 aromatic rings. The zero-order chi connectivity index (χ0) is 6.81. The van der Waals surface area contributed by atoms with Gasteiger partial charge in [-0.3, -0.25) is 4.99 Å². The maximum atomic E-state index is 5.27. The molecule has 0 unspecified atom stereocenters. The molecular formula is C8H10Cl3NO. The van der Waals surface area contributed by atoms with Crippen LogP contribution in [-0.4, -0.2) is 12.8 Å². The van der Waals surface area contributed by atoms with Gasteiger partial charge in [0.05, 0.1) is 0 Å². The van der Waals surface area contributed by atoms with Crippen molar-refractivity contribution in [1.29, 1.82) is 0 Å². The quantitative estimate of drug-likeness (QED) is 0.685. The van der Waals surface area contributed by atoms with E-state index in [1.165, 1.54) is 0 Å². The van der Waals surface area contributed by atoms with E-state index in [-0.39, 0.29) is 37.2 Å². The van der Waals surface area contributed by atoms with E-state index in [9.17, 15) is 0 Å². The molecule has 13 heavy (non-hydrogen) atoms. The molecule has 1 aromatic carbocycles. The molecule has 0 saturated carbocycles. The van der Waals surface area contributed by atoms with E-state index in [0.717, 1.165) is 11.4 Å². The van der Waals surface area contributed by atoms with Crippen molar-refractivity contribution in [1.82, 2.24) is 0 Å². The molecule has 0 bridgehead atoms. The normalized spacial score (nSPS) is 10.8. The van der Waals surface area contributed by atoms with Crippen molar-refractivity contribution >= 4 is 49.1 Å². The molecule has 0 amide bonds. The lowest BCUT2D eigenvalue weighted by Crippen LogP contribution is -2.01. The van der Waals surface area contributed by atoms with Crippen LogP contribution in [0.2, 0.25) is 0 Å². The fourth-order valence-corrected chi connectivity index (χ4v) is 0.949. The van der Waals surface area contributed by atoms with E-state index in [2.05, 4.69) is 4.99 Å². The number of rotatable bonds is 0. The van der Waals surface area contributed by atoms with Crippen molar-refractivity contribution in [2.75, 3.05) is 6.61 Å². The SMILES string of the molecule is C1=Nc2ccccc2OC1.Cl.Cl.Cl. The van der Waals surface area contributed by atoms with Crippen molar-refractivity contribution in [3.63, 3.8) is 0 Å². The van der Waals surface area contributed by atoms with Gasteiger partial charge < -0.3 is 4.74 Å². The summed E-state index contributed by atoms with van der Waals surface area (Å²) < 4.78 is 5.27. The number of hydrogen-bond acceptors (Lipinski definition) is 2. The van der Waals surface area contributed by atoms with Crippen molar-refractivity contribution in [3.8, 4) is 5.75 Å². The van der Waals surface area contributed by atoms with Crippen LogP contribution in [0.15, 0.2) is 29.3 Å².